The van der Waals surface area contributed by atoms with E-state index < -0.39 is 36.2 Å². The largest absolute Gasteiger partial charge is 0.508 e. The molecule has 0 radical (unpaired) electrons. The number of nitrogens with one attached hydrogen (secondary N) is 2. The van der Waals surface area contributed by atoms with Gasteiger partial charge >= 0.3 is 6.03 Å². The number of hydrogen-bond acceptors (Lipinski definition) is 7. The number of nitrogens with zero attached hydrogens (tertiary/aromatic N) is 1. The third kappa shape index (κ3) is 5.57. The molecule has 1 aliphatic heterocycles. The first-order chi connectivity index (χ1) is 18.2. The lowest BCUT2D eigenvalue weighted by molar-refractivity contribution is -0.122. The second kappa shape index (κ2) is 11.0. The number of methoxy groups -OCH3 is 1. The third-order valence-electron chi connectivity index (χ3n) is 5.27. The highest BCUT2D eigenvalue weighted by Gasteiger charge is 2.37. The topological polar surface area (TPSA) is 134 Å². The summed E-state index contributed by atoms with van der Waals surface area (Å²) in [5.74, 6) is -3.07. The highest BCUT2D eigenvalue weighted by Crippen LogP contribution is 2.37. The Labute approximate surface area is 220 Å². The van der Waals surface area contributed by atoms with Crippen LogP contribution in [0.2, 0.25) is 5.02 Å². The van der Waals surface area contributed by atoms with Crippen molar-refractivity contribution >= 4 is 52.8 Å². The van der Waals surface area contributed by atoms with Crippen LogP contribution >= 0.6 is 11.6 Å². The number of aromatic hydroxyl groups is 1. The number of phenolic OH excluding ortho intramolecular Hbond substituents is 1. The molecule has 0 atom stereocenters. The zero-order valence-corrected chi connectivity index (χ0v) is 20.4. The fourth-order valence-corrected chi connectivity index (χ4v) is 3.78. The van der Waals surface area contributed by atoms with E-state index in [2.05, 4.69) is 10.6 Å². The van der Waals surface area contributed by atoms with E-state index in [1.807, 2.05) is 0 Å². The van der Waals surface area contributed by atoms with E-state index in [0.29, 0.717) is 0 Å². The first-order valence-electron chi connectivity index (χ1n) is 10.9. The summed E-state index contributed by atoms with van der Waals surface area (Å²) in [6.45, 7) is -0.518. The summed E-state index contributed by atoms with van der Waals surface area (Å²) in [7, 11) is 1.32. The second-order valence-electron chi connectivity index (χ2n) is 7.83. The van der Waals surface area contributed by atoms with E-state index in [0.717, 1.165) is 4.90 Å². The summed E-state index contributed by atoms with van der Waals surface area (Å²) in [4.78, 5) is 50.8. The number of benzene rings is 3. The SMILES string of the molecule is COc1cc(/C=C2/C(=O)NC(=O)N(c3ccc(O)cc3)C2=O)cc(Cl)c1OCC(=O)Nc1ccccc1F. The van der Waals surface area contributed by atoms with Gasteiger partial charge in [0.15, 0.2) is 18.1 Å². The summed E-state index contributed by atoms with van der Waals surface area (Å²) in [5.41, 5.74) is 0.00959. The lowest BCUT2D eigenvalue weighted by atomic mass is 10.1. The predicted molar refractivity (Wildman–Crippen MR) is 136 cm³/mol. The van der Waals surface area contributed by atoms with Crippen LogP contribution in [0.4, 0.5) is 20.6 Å². The first kappa shape index (κ1) is 26.2. The molecule has 4 rings (SSSR count). The molecule has 0 bridgehead atoms. The molecule has 3 aromatic rings. The summed E-state index contributed by atoms with van der Waals surface area (Å²) in [5, 5.41) is 13.9. The lowest BCUT2D eigenvalue weighted by Gasteiger charge is -2.26. The van der Waals surface area contributed by atoms with Gasteiger partial charge in [0.1, 0.15) is 17.1 Å². The summed E-state index contributed by atoms with van der Waals surface area (Å²) in [6, 6.07) is 12.7. The number of halogens is 2. The minimum Gasteiger partial charge on any atom is -0.508 e. The van der Waals surface area contributed by atoms with Crippen LogP contribution in [0.5, 0.6) is 17.2 Å². The number of urea groups is 1. The molecule has 3 N–H and O–H groups in total. The van der Waals surface area contributed by atoms with E-state index in [1.165, 1.54) is 67.8 Å². The first-order valence-corrected chi connectivity index (χ1v) is 11.3. The fourth-order valence-electron chi connectivity index (χ4n) is 3.51. The van der Waals surface area contributed by atoms with Crippen LogP contribution < -0.4 is 25.0 Å². The Hall–Kier alpha value is -4.90. The second-order valence-corrected chi connectivity index (χ2v) is 8.23. The number of carbonyl (C=O) groups is 4. The number of amides is 5. The normalized spacial score (nSPS) is 14.3. The zero-order valence-electron chi connectivity index (χ0n) is 19.7. The van der Waals surface area contributed by atoms with Gasteiger partial charge in [-0.1, -0.05) is 23.7 Å². The minimum atomic E-state index is -0.948. The molecular weight excluding hydrogens is 521 g/mol. The number of para-hydroxylation sites is 1. The summed E-state index contributed by atoms with van der Waals surface area (Å²) >= 11 is 6.34. The Bertz CT molecular complexity index is 1470. The van der Waals surface area contributed by atoms with E-state index >= 15 is 0 Å². The van der Waals surface area contributed by atoms with Crippen molar-refractivity contribution in [2.24, 2.45) is 0 Å². The number of ether oxygens (including phenoxy) is 2. The molecule has 3 aromatic carbocycles. The smallest absolute Gasteiger partial charge is 0.335 e. The number of hydrogen-bond donors (Lipinski definition) is 3. The molecule has 1 aliphatic rings. The van der Waals surface area contributed by atoms with Crippen molar-refractivity contribution in [1.29, 1.82) is 0 Å². The molecule has 0 saturated carbocycles. The Kier molecular flexibility index (Phi) is 7.58. The van der Waals surface area contributed by atoms with Gasteiger partial charge in [0, 0.05) is 0 Å². The van der Waals surface area contributed by atoms with Crippen molar-refractivity contribution in [3.05, 3.63) is 82.6 Å². The Morgan fingerprint density at radius 2 is 1.84 bits per heavy atom. The maximum atomic E-state index is 13.8. The average molecular weight is 540 g/mol. The number of barbiturate groups is 1. The highest BCUT2D eigenvalue weighted by atomic mass is 35.5. The average Bonchev–Trinajstić information content (AvgIpc) is 2.88. The van der Waals surface area contributed by atoms with Gasteiger partial charge < -0.3 is 19.9 Å². The van der Waals surface area contributed by atoms with Crippen LogP contribution in [0.1, 0.15) is 5.56 Å². The lowest BCUT2D eigenvalue weighted by Crippen LogP contribution is -2.54. The number of phenols is 1. The Morgan fingerprint density at radius 1 is 1.13 bits per heavy atom. The summed E-state index contributed by atoms with van der Waals surface area (Å²) < 4.78 is 24.5. The standard InChI is InChI=1S/C26H19ClFN3O7/c1-37-21-12-14(11-18(27)23(21)38-13-22(33)29-20-5-3-2-4-19(20)28)10-17-24(34)30-26(36)31(25(17)35)15-6-8-16(32)9-7-15/h2-12,32H,13H2,1H3,(H,29,33)(H,30,34,36)/b17-10-. The molecule has 1 heterocycles. The van der Waals surface area contributed by atoms with E-state index in [4.69, 9.17) is 21.1 Å². The van der Waals surface area contributed by atoms with Gasteiger partial charge in [-0.3, -0.25) is 19.7 Å². The third-order valence-corrected chi connectivity index (χ3v) is 5.55. The number of rotatable bonds is 7. The van der Waals surface area contributed by atoms with Crippen molar-refractivity contribution in [2.45, 2.75) is 0 Å². The van der Waals surface area contributed by atoms with Gasteiger partial charge in [-0.25, -0.2) is 14.1 Å². The van der Waals surface area contributed by atoms with Crippen molar-refractivity contribution in [3.63, 3.8) is 0 Å². The molecule has 5 amide bonds. The van der Waals surface area contributed by atoms with Crippen molar-refractivity contribution in [1.82, 2.24) is 5.32 Å². The Morgan fingerprint density at radius 3 is 2.53 bits per heavy atom. The molecule has 0 spiro atoms. The Balaban J connectivity index is 1.56. The molecule has 12 heteroatoms. The van der Waals surface area contributed by atoms with Crippen LogP contribution in [0.15, 0.2) is 66.2 Å². The molecule has 1 fully saturated rings. The van der Waals surface area contributed by atoms with E-state index in [1.54, 1.807) is 6.07 Å². The molecular formula is C26H19ClFN3O7. The quantitative estimate of drug-likeness (QED) is 0.306. The molecule has 0 aliphatic carbocycles. The van der Waals surface area contributed by atoms with E-state index in [-0.39, 0.29) is 44.8 Å². The van der Waals surface area contributed by atoms with Crippen LogP contribution in [-0.4, -0.2) is 42.6 Å². The van der Waals surface area contributed by atoms with Gasteiger partial charge in [0.25, 0.3) is 17.7 Å². The number of carbonyl (C=O) groups excluding carboxylic acids is 4. The van der Waals surface area contributed by atoms with Gasteiger partial charge in [0.05, 0.1) is 23.5 Å². The van der Waals surface area contributed by atoms with Crippen molar-refractivity contribution < 1.29 is 38.1 Å². The number of anilines is 2. The van der Waals surface area contributed by atoms with Crippen LogP contribution in [-0.2, 0) is 14.4 Å². The van der Waals surface area contributed by atoms with Crippen molar-refractivity contribution in [2.75, 3.05) is 23.9 Å². The van der Waals surface area contributed by atoms with E-state index in [9.17, 15) is 28.7 Å². The predicted octanol–water partition coefficient (Wildman–Crippen LogP) is 3.88. The van der Waals surface area contributed by atoms with Gasteiger partial charge in [-0.2, -0.15) is 0 Å². The maximum Gasteiger partial charge on any atom is 0.335 e. The highest BCUT2D eigenvalue weighted by molar-refractivity contribution is 6.39. The molecule has 10 nitrogen and oxygen atoms in total. The molecule has 38 heavy (non-hydrogen) atoms. The van der Waals surface area contributed by atoms with Gasteiger partial charge in [0.2, 0.25) is 0 Å². The maximum absolute atomic E-state index is 13.8. The molecule has 194 valence electrons. The van der Waals surface area contributed by atoms with Crippen LogP contribution in [0.25, 0.3) is 6.08 Å². The fraction of sp³-hybridized carbons (Fsp3) is 0.0769. The van der Waals surface area contributed by atoms with Gasteiger partial charge in [-0.05, 0) is 60.2 Å². The minimum absolute atomic E-state index is 0.000296. The molecule has 1 saturated heterocycles. The van der Waals surface area contributed by atoms with Crippen LogP contribution in [0, 0.1) is 5.82 Å². The molecule has 0 unspecified atom stereocenters. The van der Waals surface area contributed by atoms with Crippen LogP contribution in [0.3, 0.4) is 0 Å². The number of imide groups is 2. The molecule has 0 aromatic heterocycles. The monoisotopic (exact) mass is 539 g/mol. The van der Waals surface area contributed by atoms with Crippen molar-refractivity contribution in [3.8, 4) is 17.2 Å². The van der Waals surface area contributed by atoms with Gasteiger partial charge in [-0.15, -0.1) is 0 Å². The summed E-state index contributed by atoms with van der Waals surface area (Å²) in [6.07, 6.45) is 1.21. The zero-order chi connectivity index (χ0) is 27.4.